The van der Waals surface area contributed by atoms with E-state index in [-0.39, 0.29) is 18.4 Å². The first-order valence-corrected chi connectivity index (χ1v) is 12.0. The molecule has 2 amide bonds. The van der Waals surface area contributed by atoms with Crippen LogP contribution in [-0.2, 0) is 0 Å². The zero-order chi connectivity index (χ0) is 24.2. The quantitative estimate of drug-likeness (QED) is 0.514. The van der Waals surface area contributed by atoms with Gasteiger partial charge in [0.2, 0.25) is 0 Å². The standard InChI is InChI=1S/C26H28N8O.ClH/c1-2-28-26(35)34-11-9-33(10-12-34)25-6-5-20(17-30-25)22-14-21(19-3-4-19)15-24(31-22)32-23-13-18(16-27)7-8-29-23;/h5-8,13-15,17,19H,2-4,9-12H2,1H3,(H,28,35)(H,29,31,32);1H. The summed E-state index contributed by atoms with van der Waals surface area (Å²) >= 11 is 0. The van der Waals surface area contributed by atoms with Gasteiger partial charge in [-0.05, 0) is 67.6 Å². The van der Waals surface area contributed by atoms with Gasteiger partial charge in [-0.3, -0.25) is 0 Å². The molecule has 3 aromatic rings. The van der Waals surface area contributed by atoms with E-state index in [1.807, 2.05) is 24.1 Å². The van der Waals surface area contributed by atoms with E-state index < -0.39 is 0 Å². The van der Waals surface area contributed by atoms with Gasteiger partial charge in [-0.2, -0.15) is 5.26 Å². The second-order valence-electron chi connectivity index (χ2n) is 8.83. The maximum absolute atomic E-state index is 12.0. The molecule has 4 heterocycles. The number of pyridine rings is 3. The molecule has 1 saturated heterocycles. The Morgan fingerprint density at radius 3 is 2.56 bits per heavy atom. The number of carbonyl (C=O) groups excluding carboxylic acids is 1. The molecular formula is C26H29ClN8O. The second kappa shape index (κ2) is 11.2. The van der Waals surface area contributed by atoms with Crippen LogP contribution in [0.5, 0.6) is 0 Å². The zero-order valence-electron chi connectivity index (χ0n) is 20.1. The van der Waals surface area contributed by atoms with Crippen molar-refractivity contribution in [3.8, 4) is 17.3 Å². The van der Waals surface area contributed by atoms with Crippen LogP contribution in [0.15, 0.2) is 48.8 Å². The number of nitriles is 1. The molecule has 5 rings (SSSR count). The number of amides is 2. The maximum atomic E-state index is 12.0. The molecule has 0 atom stereocenters. The molecule has 0 radical (unpaired) electrons. The highest BCUT2D eigenvalue weighted by molar-refractivity contribution is 5.85. The van der Waals surface area contributed by atoms with Crippen LogP contribution in [0.3, 0.4) is 0 Å². The minimum Gasteiger partial charge on any atom is -0.353 e. The first kappa shape index (κ1) is 25.2. The first-order valence-electron chi connectivity index (χ1n) is 12.0. The number of rotatable bonds is 6. The number of halogens is 1. The number of piperazine rings is 1. The fourth-order valence-electron chi connectivity index (χ4n) is 4.24. The average Bonchev–Trinajstić information content (AvgIpc) is 3.75. The molecule has 36 heavy (non-hydrogen) atoms. The van der Waals surface area contributed by atoms with Crippen molar-refractivity contribution in [2.75, 3.05) is 42.9 Å². The molecule has 2 fully saturated rings. The number of aromatic nitrogens is 3. The summed E-state index contributed by atoms with van der Waals surface area (Å²) in [7, 11) is 0. The molecule has 9 nitrogen and oxygen atoms in total. The Labute approximate surface area is 217 Å². The van der Waals surface area contributed by atoms with Crippen molar-refractivity contribution in [2.24, 2.45) is 0 Å². The number of hydrogen-bond acceptors (Lipinski definition) is 7. The Balaban J connectivity index is 0.00000304. The normalized spacial score (nSPS) is 15.0. The summed E-state index contributed by atoms with van der Waals surface area (Å²) in [4.78, 5) is 29.9. The van der Waals surface area contributed by atoms with Gasteiger partial charge in [-0.1, -0.05) is 0 Å². The molecule has 3 aromatic heterocycles. The highest BCUT2D eigenvalue weighted by atomic mass is 35.5. The predicted octanol–water partition coefficient (Wildman–Crippen LogP) is 4.30. The van der Waals surface area contributed by atoms with E-state index in [2.05, 4.69) is 44.8 Å². The third kappa shape index (κ3) is 5.83. The lowest BCUT2D eigenvalue weighted by atomic mass is 10.1. The number of carbonyl (C=O) groups is 1. The van der Waals surface area contributed by atoms with E-state index in [0.29, 0.717) is 42.8 Å². The second-order valence-corrected chi connectivity index (χ2v) is 8.83. The van der Waals surface area contributed by atoms with Crippen molar-refractivity contribution in [1.29, 1.82) is 5.26 Å². The molecule has 0 spiro atoms. The summed E-state index contributed by atoms with van der Waals surface area (Å²) in [6, 6.07) is 13.8. The number of anilines is 3. The van der Waals surface area contributed by atoms with Crippen LogP contribution >= 0.6 is 12.4 Å². The molecule has 1 aliphatic heterocycles. The van der Waals surface area contributed by atoms with Crippen molar-refractivity contribution in [1.82, 2.24) is 25.2 Å². The molecule has 2 aliphatic rings. The van der Waals surface area contributed by atoms with Gasteiger partial charge in [0.05, 0.1) is 17.3 Å². The Morgan fingerprint density at radius 1 is 1.08 bits per heavy atom. The van der Waals surface area contributed by atoms with Crippen LogP contribution in [-0.4, -0.2) is 58.6 Å². The molecular weight excluding hydrogens is 476 g/mol. The molecule has 10 heteroatoms. The SMILES string of the molecule is CCNC(=O)N1CCN(c2ccc(-c3cc(C4CC4)cc(Nc4cc(C#N)ccn4)n3)cn2)CC1.Cl. The fraction of sp³-hybridized carbons (Fsp3) is 0.346. The van der Waals surface area contributed by atoms with Gasteiger partial charge in [-0.15, -0.1) is 12.4 Å². The lowest BCUT2D eigenvalue weighted by Crippen LogP contribution is -2.52. The molecule has 2 N–H and O–H groups in total. The van der Waals surface area contributed by atoms with Gasteiger partial charge >= 0.3 is 6.03 Å². The molecule has 186 valence electrons. The van der Waals surface area contributed by atoms with E-state index in [9.17, 15) is 4.79 Å². The highest BCUT2D eigenvalue weighted by Crippen LogP contribution is 2.42. The number of urea groups is 1. The lowest BCUT2D eigenvalue weighted by Gasteiger charge is -2.35. The van der Waals surface area contributed by atoms with Crippen molar-refractivity contribution in [3.63, 3.8) is 0 Å². The summed E-state index contributed by atoms with van der Waals surface area (Å²) < 4.78 is 0. The van der Waals surface area contributed by atoms with Crippen molar-refractivity contribution in [3.05, 3.63) is 59.9 Å². The smallest absolute Gasteiger partial charge is 0.317 e. The Bertz CT molecular complexity index is 1250. The first-order chi connectivity index (χ1) is 17.1. The van der Waals surface area contributed by atoms with E-state index in [1.165, 1.54) is 18.4 Å². The third-order valence-corrected chi connectivity index (χ3v) is 6.30. The minimum absolute atomic E-state index is 0. The number of nitrogens with zero attached hydrogens (tertiary/aromatic N) is 6. The van der Waals surface area contributed by atoms with Crippen LogP contribution in [0.2, 0.25) is 0 Å². The summed E-state index contributed by atoms with van der Waals surface area (Å²) in [5.41, 5.74) is 3.60. The fourth-order valence-corrected chi connectivity index (χ4v) is 4.24. The number of hydrogen-bond donors (Lipinski definition) is 2. The maximum Gasteiger partial charge on any atom is 0.317 e. The summed E-state index contributed by atoms with van der Waals surface area (Å²) in [5.74, 6) is 2.76. The van der Waals surface area contributed by atoms with Crippen LogP contribution in [0.4, 0.5) is 22.2 Å². The van der Waals surface area contributed by atoms with E-state index in [0.717, 1.165) is 30.2 Å². The van der Waals surface area contributed by atoms with Crippen LogP contribution in [0, 0.1) is 11.3 Å². The molecule has 1 saturated carbocycles. The Kier molecular flexibility index (Phi) is 7.86. The van der Waals surface area contributed by atoms with Crippen LogP contribution in [0.1, 0.15) is 36.8 Å². The topological polar surface area (TPSA) is 110 Å². The van der Waals surface area contributed by atoms with Gasteiger partial charge < -0.3 is 20.4 Å². The van der Waals surface area contributed by atoms with E-state index in [4.69, 9.17) is 15.2 Å². The average molecular weight is 505 g/mol. The largest absolute Gasteiger partial charge is 0.353 e. The third-order valence-electron chi connectivity index (χ3n) is 6.30. The molecule has 0 bridgehead atoms. The minimum atomic E-state index is -0.00367. The summed E-state index contributed by atoms with van der Waals surface area (Å²) in [6.45, 7) is 5.42. The predicted molar refractivity (Wildman–Crippen MR) is 142 cm³/mol. The Hall–Kier alpha value is -3.90. The monoisotopic (exact) mass is 504 g/mol. The van der Waals surface area contributed by atoms with Crippen molar-refractivity contribution < 1.29 is 4.79 Å². The van der Waals surface area contributed by atoms with Gasteiger partial charge in [0.25, 0.3) is 0 Å². The van der Waals surface area contributed by atoms with E-state index >= 15 is 0 Å². The van der Waals surface area contributed by atoms with Crippen LogP contribution in [0.25, 0.3) is 11.3 Å². The Morgan fingerprint density at radius 2 is 1.89 bits per heavy atom. The molecule has 0 unspecified atom stereocenters. The van der Waals surface area contributed by atoms with Crippen molar-refractivity contribution >= 4 is 35.9 Å². The highest BCUT2D eigenvalue weighted by Gasteiger charge is 2.25. The van der Waals surface area contributed by atoms with Crippen molar-refractivity contribution in [2.45, 2.75) is 25.7 Å². The zero-order valence-corrected chi connectivity index (χ0v) is 21.0. The number of nitrogens with one attached hydrogen (secondary N) is 2. The summed E-state index contributed by atoms with van der Waals surface area (Å²) in [6.07, 6.45) is 5.85. The van der Waals surface area contributed by atoms with Gasteiger partial charge in [0.15, 0.2) is 0 Å². The van der Waals surface area contributed by atoms with Gasteiger partial charge in [0.1, 0.15) is 17.5 Å². The molecule has 1 aliphatic carbocycles. The van der Waals surface area contributed by atoms with Gasteiger partial charge in [-0.25, -0.2) is 19.7 Å². The summed E-state index contributed by atoms with van der Waals surface area (Å²) in [5, 5.41) is 15.3. The lowest BCUT2D eigenvalue weighted by molar-refractivity contribution is 0.195. The van der Waals surface area contributed by atoms with Crippen LogP contribution < -0.4 is 15.5 Å². The van der Waals surface area contributed by atoms with Gasteiger partial charge in [0, 0.05) is 50.7 Å². The molecule has 0 aromatic carbocycles. The van der Waals surface area contributed by atoms with E-state index in [1.54, 1.807) is 18.3 Å².